The lowest BCUT2D eigenvalue weighted by atomic mass is 9.68. The normalized spacial score (nSPS) is 28.7. The molecule has 1 aromatic carbocycles. The predicted molar refractivity (Wildman–Crippen MR) is 123 cm³/mol. The van der Waals surface area contributed by atoms with Crippen LogP contribution >= 0.6 is 12.4 Å². The van der Waals surface area contributed by atoms with Crippen molar-refractivity contribution >= 4 is 24.0 Å². The standard InChI is InChI=1S/C24H37N3O.ClH/c1-24(2,3)19-10-8-18(9-11-19)20-6-4-5-7-21(20)26-14-16-27(17-15-26)22-12-13-25-23(22)28;/h4-7,18-19,22H,8-17H2,1-3H3,(H,25,28);1H. The molecule has 3 fully saturated rings. The number of anilines is 1. The van der Waals surface area contributed by atoms with Crippen LogP contribution in [0.25, 0.3) is 0 Å². The lowest BCUT2D eigenvalue weighted by Gasteiger charge is -2.41. The van der Waals surface area contributed by atoms with Crippen molar-refractivity contribution in [2.24, 2.45) is 11.3 Å². The Balaban J connectivity index is 0.00000240. The number of amides is 1. The van der Waals surface area contributed by atoms with Gasteiger partial charge in [0.15, 0.2) is 0 Å². The monoisotopic (exact) mass is 419 g/mol. The van der Waals surface area contributed by atoms with Gasteiger partial charge in [-0.2, -0.15) is 0 Å². The van der Waals surface area contributed by atoms with Crippen molar-refractivity contribution in [1.29, 1.82) is 0 Å². The van der Waals surface area contributed by atoms with E-state index in [1.165, 1.54) is 31.4 Å². The molecule has 162 valence electrons. The third-order valence-electron chi connectivity index (χ3n) is 7.44. The van der Waals surface area contributed by atoms with Crippen LogP contribution in [0.3, 0.4) is 0 Å². The van der Waals surface area contributed by atoms with Crippen LogP contribution in [0.15, 0.2) is 24.3 Å². The second kappa shape index (κ2) is 9.26. The lowest BCUT2D eigenvalue weighted by Crippen LogP contribution is -2.52. The third kappa shape index (κ3) is 4.91. The molecule has 4 rings (SSSR count). The van der Waals surface area contributed by atoms with Crippen LogP contribution in [0.5, 0.6) is 0 Å². The molecule has 2 heterocycles. The average molecular weight is 420 g/mol. The zero-order chi connectivity index (χ0) is 19.7. The Labute approximate surface area is 182 Å². The Morgan fingerprint density at radius 1 is 0.931 bits per heavy atom. The predicted octanol–water partition coefficient (Wildman–Crippen LogP) is 4.44. The summed E-state index contributed by atoms with van der Waals surface area (Å²) in [5.74, 6) is 1.79. The number of carbonyl (C=O) groups is 1. The van der Waals surface area contributed by atoms with Crippen molar-refractivity contribution in [2.45, 2.75) is 64.8 Å². The lowest BCUT2D eigenvalue weighted by molar-refractivity contribution is -0.123. The Bertz CT molecular complexity index is 686. The number of piperazine rings is 1. The van der Waals surface area contributed by atoms with Crippen LogP contribution in [0.1, 0.15) is 64.4 Å². The van der Waals surface area contributed by atoms with E-state index >= 15 is 0 Å². The zero-order valence-corrected chi connectivity index (χ0v) is 19.1. The second-order valence-electron chi connectivity index (χ2n) is 10.1. The summed E-state index contributed by atoms with van der Waals surface area (Å²) in [6, 6.07) is 9.20. The van der Waals surface area contributed by atoms with E-state index in [4.69, 9.17) is 0 Å². The molecule has 2 saturated heterocycles. The molecule has 1 aromatic rings. The van der Waals surface area contributed by atoms with Gasteiger partial charge in [-0.3, -0.25) is 9.69 Å². The SMILES string of the molecule is CC(C)(C)C1CCC(c2ccccc2N2CCN(C3CCNC3=O)CC2)CC1.Cl. The van der Waals surface area contributed by atoms with Crippen LogP contribution in [0.2, 0.25) is 0 Å². The summed E-state index contributed by atoms with van der Waals surface area (Å²) in [6.07, 6.45) is 6.31. The fraction of sp³-hybridized carbons (Fsp3) is 0.708. The van der Waals surface area contributed by atoms with Gasteiger partial charge in [0.25, 0.3) is 0 Å². The van der Waals surface area contributed by atoms with E-state index in [-0.39, 0.29) is 24.4 Å². The van der Waals surface area contributed by atoms with Gasteiger partial charge in [0.2, 0.25) is 5.91 Å². The number of carbonyl (C=O) groups excluding carboxylic acids is 1. The minimum atomic E-state index is 0. The molecule has 0 aromatic heterocycles. The number of nitrogens with one attached hydrogen (secondary N) is 1. The first kappa shape index (κ1) is 22.4. The Hall–Kier alpha value is -1.26. The maximum absolute atomic E-state index is 12.0. The highest BCUT2D eigenvalue weighted by Gasteiger charge is 2.34. The van der Waals surface area contributed by atoms with Gasteiger partial charge in [-0.05, 0) is 61.0 Å². The highest BCUT2D eigenvalue weighted by molar-refractivity contribution is 5.85. The fourth-order valence-electron chi connectivity index (χ4n) is 5.60. The molecule has 1 amide bonds. The van der Waals surface area contributed by atoms with Gasteiger partial charge in [-0.1, -0.05) is 39.0 Å². The summed E-state index contributed by atoms with van der Waals surface area (Å²) in [4.78, 5) is 17.0. The van der Waals surface area contributed by atoms with E-state index in [9.17, 15) is 4.79 Å². The molecule has 1 unspecified atom stereocenters. The van der Waals surface area contributed by atoms with Crippen LogP contribution < -0.4 is 10.2 Å². The molecule has 5 heteroatoms. The molecule has 1 N–H and O–H groups in total. The summed E-state index contributed by atoms with van der Waals surface area (Å²) >= 11 is 0. The molecular formula is C24H38ClN3O. The Morgan fingerprint density at radius 2 is 1.59 bits per heavy atom. The van der Waals surface area contributed by atoms with Crippen LogP contribution in [-0.2, 0) is 4.79 Å². The first-order valence-corrected chi connectivity index (χ1v) is 11.3. The Kier molecular flexibility index (Phi) is 7.16. The first-order valence-electron chi connectivity index (χ1n) is 11.3. The molecule has 2 aliphatic heterocycles. The minimum absolute atomic E-state index is 0. The molecular weight excluding hydrogens is 382 g/mol. The van der Waals surface area contributed by atoms with Gasteiger partial charge in [-0.25, -0.2) is 0 Å². The largest absolute Gasteiger partial charge is 0.369 e. The average Bonchev–Trinajstić information content (AvgIpc) is 3.13. The summed E-state index contributed by atoms with van der Waals surface area (Å²) in [7, 11) is 0. The highest BCUT2D eigenvalue weighted by Crippen LogP contribution is 2.45. The summed E-state index contributed by atoms with van der Waals surface area (Å²) in [6.45, 7) is 12.1. The quantitative estimate of drug-likeness (QED) is 0.786. The van der Waals surface area contributed by atoms with Gasteiger partial charge in [0, 0.05) is 38.4 Å². The van der Waals surface area contributed by atoms with Gasteiger partial charge in [0.05, 0.1) is 6.04 Å². The zero-order valence-electron chi connectivity index (χ0n) is 18.3. The first-order chi connectivity index (χ1) is 13.4. The van der Waals surface area contributed by atoms with Crippen molar-refractivity contribution in [2.75, 3.05) is 37.6 Å². The van der Waals surface area contributed by atoms with E-state index in [1.807, 2.05) is 0 Å². The molecule has 4 nitrogen and oxygen atoms in total. The van der Waals surface area contributed by atoms with Crippen molar-refractivity contribution in [1.82, 2.24) is 10.2 Å². The van der Waals surface area contributed by atoms with Gasteiger partial charge >= 0.3 is 0 Å². The fourth-order valence-corrected chi connectivity index (χ4v) is 5.60. The maximum Gasteiger partial charge on any atom is 0.237 e. The van der Waals surface area contributed by atoms with Crippen molar-refractivity contribution in [3.63, 3.8) is 0 Å². The van der Waals surface area contributed by atoms with E-state index in [1.54, 1.807) is 5.56 Å². The maximum atomic E-state index is 12.0. The van der Waals surface area contributed by atoms with Crippen LogP contribution in [-0.4, -0.2) is 49.6 Å². The van der Waals surface area contributed by atoms with Gasteiger partial charge in [-0.15, -0.1) is 12.4 Å². The molecule has 29 heavy (non-hydrogen) atoms. The molecule has 3 aliphatic rings. The van der Waals surface area contributed by atoms with Crippen molar-refractivity contribution in [3.05, 3.63) is 29.8 Å². The molecule has 0 radical (unpaired) electrons. The van der Waals surface area contributed by atoms with Gasteiger partial charge in [0.1, 0.15) is 0 Å². The van der Waals surface area contributed by atoms with E-state index in [0.717, 1.165) is 45.1 Å². The summed E-state index contributed by atoms with van der Waals surface area (Å²) in [5.41, 5.74) is 3.44. The molecule has 1 atom stereocenters. The highest BCUT2D eigenvalue weighted by atomic mass is 35.5. The van der Waals surface area contributed by atoms with Crippen molar-refractivity contribution < 1.29 is 4.79 Å². The topological polar surface area (TPSA) is 35.6 Å². The minimum Gasteiger partial charge on any atom is -0.369 e. The van der Waals surface area contributed by atoms with E-state index in [2.05, 4.69) is 60.2 Å². The van der Waals surface area contributed by atoms with Crippen LogP contribution in [0.4, 0.5) is 5.69 Å². The third-order valence-corrected chi connectivity index (χ3v) is 7.44. The van der Waals surface area contributed by atoms with E-state index in [0.29, 0.717) is 11.3 Å². The molecule has 0 spiro atoms. The molecule has 0 bridgehead atoms. The second-order valence-corrected chi connectivity index (χ2v) is 10.1. The molecule has 1 aliphatic carbocycles. The number of hydrogen-bond acceptors (Lipinski definition) is 3. The number of hydrogen-bond donors (Lipinski definition) is 1. The number of halogens is 1. The number of nitrogens with zero attached hydrogens (tertiary/aromatic N) is 2. The van der Waals surface area contributed by atoms with Crippen LogP contribution in [0, 0.1) is 11.3 Å². The van der Waals surface area contributed by atoms with Gasteiger partial charge < -0.3 is 10.2 Å². The summed E-state index contributed by atoms with van der Waals surface area (Å²) < 4.78 is 0. The number of para-hydroxylation sites is 1. The van der Waals surface area contributed by atoms with E-state index < -0.39 is 0 Å². The Morgan fingerprint density at radius 3 is 2.17 bits per heavy atom. The smallest absolute Gasteiger partial charge is 0.237 e. The van der Waals surface area contributed by atoms with Crippen molar-refractivity contribution in [3.8, 4) is 0 Å². The summed E-state index contributed by atoms with van der Waals surface area (Å²) in [5, 5.41) is 2.98. The molecule has 1 saturated carbocycles. The number of benzene rings is 1. The number of rotatable bonds is 3.